The van der Waals surface area contributed by atoms with Crippen molar-refractivity contribution in [3.05, 3.63) is 47.0 Å². The van der Waals surface area contributed by atoms with Crippen molar-refractivity contribution in [2.24, 2.45) is 5.92 Å². The van der Waals surface area contributed by atoms with Gasteiger partial charge >= 0.3 is 0 Å². The van der Waals surface area contributed by atoms with Gasteiger partial charge in [-0.25, -0.2) is 4.39 Å². The molecule has 1 heterocycles. The highest BCUT2D eigenvalue weighted by molar-refractivity contribution is 5.63. The summed E-state index contributed by atoms with van der Waals surface area (Å²) in [5.41, 5.74) is 2.36. The van der Waals surface area contributed by atoms with Crippen molar-refractivity contribution in [1.82, 2.24) is 0 Å². The highest BCUT2D eigenvalue weighted by atomic mass is 19.1. The van der Waals surface area contributed by atoms with Crippen molar-refractivity contribution in [3.8, 4) is 11.3 Å². The molecule has 1 aromatic carbocycles. The lowest BCUT2D eigenvalue weighted by Gasteiger charge is -2.12. The molecular formula is C18H23FO3. The quantitative estimate of drug-likeness (QED) is 0.846. The third-order valence-corrected chi connectivity index (χ3v) is 3.62. The molecule has 0 radical (unpaired) electrons. The molecule has 120 valence electrons. The van der Waals surface area contributed by atoms with Gasteiger partial charge in [0.1, 0.15) is 23.9 Å². The van der Waals surface area contributed by atoms with Gasteiger partial charge in [0.15, 0.2) is 0 Å². The van der Waals surface area contributed by atoms with E-state index in [-0.39, 0.29) is 5.82 Å². The maximum atomic E-state index is 13.2. The number of furan rings is 1. The zero-order valence-electron chi connectivity index (χ0n) is 13.5. The predicted octanol–water partition coefficient (Wildman–Crippen LogP) is 4.62. The highest BCUT2D eigenvalue weighted by Gasteiger charge is 2.20. The zero-order valence-corrected chi connectivity index (χ0v) is 13.5. The summed E-state index contributed by atoms with van der Waals surface area (Å²) in [5.74, 6) is 1.35. The summed E-state index contributed by atoms with van der Waals surface area (Å²) >= 11 is 0. The van der Waals surface area contributed by atoms with E-state index in [2.05, 4.69) is 13.8 Å². The Morgan fingerprint density at radius 2 is 2.00 bits per heavy atom. The van der Waals surface area contributed by atoms with Crippen LogP contribution in [0.1, 0.15) is 43.3 Å². The lowest BCUT2D eigenvalue weighted by Crippen LogP contribution is -2.03. The topological polar surface area (TPSA) is 42.6 Å². The number of methoxy groups -OCH3 is 1. The van der Waals surface area contributed by atoms with E-state index >= 15 is 0 Å². The van der Waals surface area contributed by atoms with Gasteiger partial charge in [0, 0.05) is 18.2 Å². The number of rotatable bonds is 6. The highest BCUT2D eigenvalue weighted by Crippen LogP contribution is 2.34. The summed E-state index contributed by atoms with van der Waals surface area (Å²) in [5, 5.41) is 10.4. The van der Waals surface area contributed by atoms with E-state index in [0.717, 1.165) is 16.7 Å². The molecular weight excluding hydrogens is 283 g/mol. The lowest BCUT2D eigenvalue weighted by atomic mass is 9.98. The second-order valence-corrected chi connectivity index (χ2v) is 6.03. The number of aliphatic hydroxyl groups excluding tert-OH is 1. The molecule has 1 unspecified atom stereocenters. The number of aryl methyl sites for hydroxylation is 1. The zero-order chi connectivity index (χ0) is 16.3. The fourth-order valence-electron chi connectivity index (χ4n) is 2.58. The second kappa shape index (κ2) is 7.07. The van der Waals surface area contributed by atoms with Crippen molar-refractivity contribution >= 4 is 0 Å². The Hall–Kier alpha value is -1.65. The number of hydrogen-bond acceptors (Lipinski definition) is 3. The van der Waals surface area contributed by atoms with Gasteiger partial charge in [-0.15, -0.1) is 0 Å². The fraction of sp³-hybridized carbons (Fsp3) is 0.444. The van der Waals surface area contributed by atoms with Crippen LogP contribution in [0.2, 0.25) is 0 Å². The number of hydrogen-bond donors (Lipinski definition) is 1. The van der Waals surface area contributed by atoms with Crippen LogP contribution in [0.15, 0.2) is 28.7 Å². The van der Waals surface area contributed by atoms with Crippen LogP contribution in [0.5, 0.6) is 0 Å². The molecule has 1 N–H and O–H groups in total. The first-order valence-corrected chi connectivity index (χ1v) is 7.48. The molecule has 3 nitrogen and oxygen atoms in total. The first kappa shape index (κ1) is 16.7. The van der Waals surface area contributed by atoms with Crippen LogP contribution in [0, 0.1) is 18.7 Å². The first-order chi connectivity index (χ1) is 10.4. The number of ether oxygens (including phenoxy) is 1. The molecule has 0 amide bonds. The molecule has 1 aromatic heterocycles. The van der Waals surface area contributed by atoms with E-state index in [9.17, 15) is 9.50 Å². The molecule has 4 heteroatoms. The molecule has 0 saturated carbocycles. The standard InChI is InChI=1S/C18H23FO3/c1-11(2)7-16(20)15-9-17(22-18(15)10-21-4)14-6-5-13(19)8-12(14)3/h5-6,8-9,11,16,20H,7,10H2,1-4H3. The SMILES string of the molecule is COCc1oc(-c2ccc(F)cc2C)cc1C(O)CC(C)C. The van der Waals surface area contributed by atoms with Crippen molar-refractivity contribution < 1.29 is 18.7 Å². The maximum Gasteiger partial charge on any atom is 0.136 e. The average Bonchev–Trinajstić information content (AvgIpc) is 2.82. The van der Waals surface area contributed by atoms with Crippen LogP contribution in [0.25, 0.3) is 11.3 Å². The largest absolute Gasteiger partial charge is 0.458 e. The van der Waals surface area contributed by atoms with E-state index in [1.165, 1.54) is 12.1 Å². The monoisotopic (exact) mass is 306 g/mol. The smallest absolute Gasteiger partial charge is 0.136 e. The van der Waals surface area contributed by atoms with Crippen LogP contribution < -0.4 is 0 Å². The van der Waals surface area contributed by atoms with E-state index in [1.54, 1.807) is 13.2 Å². The van der Waals surface area contributed by atoms with Crippen LogP contribution >= 0.6 is 0 Å². The third-order valence-electron chi connectivity index (χ3n) is 3.62. The van der Waals surface area contributed by atoms with E-state index in [4.69, 9.17) is 9.15 Å². The number of halogens is 1. The Balaban J connectivity index is 2.41. The van der Waals surface area contributed by atoms with Gasteiger partial charge in [0.05, 0.1) is 6.10 Å². The van der Waals surface area contributed by atoms with E-state index in [0.29, 0.717) is 30.5 Å². The molecule has 0 bridgehead atoms. The van der Waals surface area contributed by atoms with E-state index in [1.807, 2.05) is 13.0 Å². The molecule has 2 aromatic rings. The minimum absolute atomic E-state index is 0.273. The van der Waals surface area contributed by atoms with Gasteiger partial charge in [-0.2, -0.15) is 0 Å². The van der Waals surface area contributed by atoms with Crippen LogP contribution in [0.4, 0.5) is 4.39 Å². The van der Waals surface area contributed by atoms with Crippen molar-refractivity contribution in [2.75, 3.05) is 7.11 Å². The first-order valence-electron chi connectivity index (χ1n) is 7.48. The van der Waals surface area contributed by atoms with Crippen molar-refractivity contribution in [3.63, 3.8) is 0 Å². The minimum atomic E-state index is -0.594. The summed E-state index contributed by atoms with van der Waals surface area (Å²) in [7, 11) is 1.59. The Labute approximate surface area is 130 Å². The summed E-state index contributed by atoms with van der Waals surface area (Å²) in [6.07, 6.45) is 0.0568. The normalized spacial score (nSPS) is 12.9. The Morgan fingerprint density at radius 3 is 2.59 bits per heavy atom. The van der Waals surface area contributed by atoms with Gasteiger partial charge in [-0.1, -0.05) is 13.8 Å². The average molecular weight is 306 g/mol. The number of benzene rings is 1. The molecule has 0 saturated heterocycles. The second-order valence-electron chi connectivity index (χ2n) is 6.03. The molecule has 0 fully saturated rings. The Bertz CT molecular complexity index is 631. The van der Waals surface area contributed by atoms with Crippen LogP contribution in [-0.2, 0) is 11.3 Å². The molecule has 0 aliphatic carbocycles. The summed E-state index contributed by atoms with van der Waals surface area (Å²) in [6, 6.07) is 6.41. The Morgan fingerprint density at radius 1 is 1.27 bits per heavy atom. The van der Waals surface area contributed by atoms with Crippen molar-refractivity contribution in [1.29, 1.82) is 0 Å². The Kier molecular flexibility index (Phi) is 5.37. The summed E-state index contributed by atoms with van der Waals surface area (Å²) in [4.78, 5) is 0. The van der Waals surface area contributed by atoms with Crippen LogP contribution in [-0.4, -0.2) is 12.2 Å². The molecule has 2 rings (SSSR count). The van der Waals surface area contributed by atoms with Gasteiger partial charge in [0.2, 0.25) is 0 Å². The molecule has 0 spiro atoms. The van der Waals surface area contributed by atoms with Crippen LogP contribution in [0.3, 0.4) is 0 Å². The molecule has 0 aliphatic rings. The van der Waals surface area contributed by atoms with E-state index < -0.39 is 6.10 Å². The van der Waals surface area contributed by atoms with Gasteiger partial charge in [0.25, 0.3) is 0 Å². The maximum absolute atomic E-state index is 13.2. The van der Waals surface area contributed by atoms with Gasteiger partial charge in [-0.05, 0) is 49.1 Å². The lowest BCUT2D eigenvalue weighted by molar-refractivity contribution is 0.134. The van der Waals surface area contributed by atoms with Gasteiger partial charge < -0.3 is 14.3 Å². The molecule has 1 atom stereocenters. The number of aliphatic hydroxyl groups is 1. The summed E-state index contributed by atoms with van der Waals surface area (Å²) in [6.45, 7) is 6.25. The summed E-state index contributed by atoms with van der Waals surface area (Å²) < 4.78 is 24.3. The predicted molar refractivity (Wildman–Crippen MR) is 84.0 cm³/mol. The van der Waals surface area contributed by atoms with Gasteiger partial charge in [-0.3, -0.25) is 0 Å². The third kappa shape index (κ3) is 3.76. The fourth-order valence-corrected chi connectivity index (χ4v) is 2.58. The molecule has 0 aliphatic heterocycles. The van der Waals surface area contributed by atoms with Crippen molar-refractivity contribution in [2.45, 2.75) is 39.9 Å². The minimum Gasteiger partial charge on any atom is -0.458 e. The molecule has 22 heavy (non-hydrogen) atoms.